The molecule has 0 radical (unpaired) electrons. The van der Waals surface area contributed by atoms with E-state index in [0.29, 0.717) is 6.61 Å². The third-order valence-corrected chi connectivity index (χ3v) is 20.3. The van der Waals surface area contributed by atoms with Gasteiger partial charge in [0, 0.05) is 190 Å². The van der Waals surface area contributed by atoms with E-state index >= 15 is 0 Å². The number of benzene rings is 13. The fourth-order valence-corrected chi connectivity index (χ4v) is 13.3. The average molecular weight is 3420 g/mol. The second-order valence-electron chi connectivity index (χ2n) is 31.4. The smallest absolute Gasteiger partial charge is 0.119 e. The summed E-state index contributed by atoms with van der Waals surface area (Å²) in [6, 6.07) is 108. The molecule has 0 aliphatic heterocycles. The van der Waals surface area contributed by atoms with Gasteiger partial charge in [0.15, 0.2) is 0 Å². The summed E-state index contributed by atoms with van der Waals surface area (Å²) < 4.78 is 38.4. The summed E-state index contributed by atoms with van der Waals surface area (Å²) in [6.07, 6.45) is 26.4. The van der Waals surface area contributed by atoms with Gasteiger partial charge in [-0.15, -0.1) is 23.3 Å². The van der Waals surface area contributed by atoms with E-state index in [2.05, 4.69) is 319 Å². The maximum atomic E-state index is 5.66. The van der Waals surface area contributed by atoms with Crippen molar-refractivity contribution in [2.75, 3.05) is 46.2 Å². The van der Waals surface area contributed by atoms with E-state index in [-0.39, 0.29) is 190 Å². The van der Waals surface area contributed by atoms with Gasteiger partial charge in [-0.1, -0.05) is 310 Å². The van der Waals surface area contributed by atoms with Crippen LogP contribution in [0.5, 0.6) is 40.2 Å². The van der Waals surface area contributed by atoms with Gasteiger partial charge >= 0.3 is 0 Å². The van der Waals surface area contributed by atoms with Crippen LogP contribution in [0, 0.1) is 62.3 Å². The second-order valence-corrected chi connectivity index (χ2v) is 31.4. The standard InChI is InChI=1S/C18H21O2.C18H21.2C15H15.C12H17O.C12H15O.C12H17O.C12H15O.C11H15O.9W/c1-3-5-14-20-18-12-8-16(9-13-18)15-6-10-17(11-7-15)19-4-2;1-3-5-10-16-11-6-7-13-18(16)17-12-8-9-15(4-2)14-17;1-3-13-7-5-9-15(11-13)14-8-4-6-12(2)10-14;1-3-13-8-4-5-10-15(13)14-9-6-7-12(2)11-14;2*1-3-6-11-7-5-8-12(10-11)13-9-4-2;2*1-3-5-11-6-8-12(9-7-11)13-10-4-2;1-3-9-12-11-7-5-10(4-2)6-8-11;;;;;;;;;/h6-13H,2-5,14H2,1H3;6-9,11-14H,2-5,10H2,1H3;2*4-11H,2-3H2,1H3;5,7-8,10H,1,3-4,6,9H2,2H3;3,5-8,10H,1,4,9H2,2H3;6-9H,1,3-5,10H2,2H3;3,5-9H,1,4,10H2,2H3;5-8H,2-4,9H2,1H3;;;;;;;;;/q9*-1;;;;;;;;;/b;;;;;6-3+;;5-3+;;;;;;;;;;. The Labute approximate surface area is 983 Å². The maximum Gasteiger partial charge on any atom is 0.119 e. The maximum absolute atomic E-state index is 5.66. The van der Waals surface area contributed by atoms with Gasteiger partial charge in [0.25, 0.3) is 0 Å². The van der Waals surface area contributed by atoms with Gasteiger partial charge in [-0.25, -0.2) is 38.2 Å². The quantitative estimate of drug-likeness (QED) is 0.0282. The zero-order valence-corrected chi connectivity index (χ0v) is 111. The molecule has 0 saturated carbocycles. The summed E-state index contributed by atoms with van der Waals surface area (Å²) in [4.78, 5) is 0. The van der Waals surface area contributed by atoms with E-state index in [4.69, 9.17) is 33.2 Å². The van der Waals surface area contributed by atoms with Crippen LogP contribution in [0.25, 0.3) is 56.7 Å². The van der Waals surface area contributed by atoms with Crippen LogP contribution in [0.2, 0.25) is 0 Å². The number of aryl methyl sites for hydroxylation is 5. The Morgan fingerprint density at radius 2 is 0.589 bits per heavy atom. The first-order valence-electron chi connectivity index (χ1n) is 47.7. The molecule has 13 aromatic rings. The average Bonchev–Trinajstić information content (AvgIpc) is 0.829. The second kappa shape index (κ2) is 92.2. The minimum atomic E-state index is 0. The minimum Gasteiger partial charge on any atom is -0.525 e. The number of ether oxygens (including phenoxy) is 7. The molecule has 0 fully saturated rings. The van der Waals surface area contributed by atoms with Crippen LogP contribution >= 0.6 is 0 Å². The molecule has 141 heavy (non-hydrogen) atoms. The van der Waals surface area contributed by atoms with Crippen molar-refractivity contribution in [3.05, 3.63) is 451 Å². The van der Waals surface area contributed by atoms with Crippen molar-refractivity contribution >= 4 is 12.2 Å². The Balaban J connectivity index is -0.000000490. The minimum absolute atomic E-state index is 0. The van der Waals surface area contributed by atoms with Gasteiger partial charge in [0.2, 0.25) is 0 Å². The van der Waals surface area contributed by atoms with E-state index in [1.807, 2.05) is 133 Å². The van der Waals surface area contributed by atoms with Crippen molar-refractivity contribution in [3.8, 4) is 84.8 Å². The van der Waals surface area contributed by atoms with Crippen molar-refractivity contribution in [3.63, 3.8) is 0 Å². The molecular formula is C125H151O7W9-9. The zero-order valence-electron chi connectivity index (χ0n) is 84.9. The normalized spacial score (nSPS) is 9.60. The van der Waals surface area contributed by atoms with Crippen LogP contribution in [-0.2, 0) is 235 Å². The van der Waals surface area contributed by atoms with E-state index in [1.54, 1.807) is 12.2 Å². The Morgan fingerprint density at radius 3 is 1.04 bits per heavy atom. The van der Waals surface area contributed by atoms with Crippen molar-refractivity contribution in [1.29, 1.82) is 0 Å². The van der Waals surface area contributed by atoms with Crippen molar-refractivity contribution < 1.29 is 223 Å². The largest absolute Gasteiger partial charge is 0.525 e. The topological polar surface area (TPSA) is 64.6 Å². The predicted molar refractivity (Wildman–Crippen MR) is 570 cm³/mol. The van der Waals surface area contributed by atoms with E-state index in [1.165, 1.54) is 103 Å². The number of allylic oxidation sites excluding steroid dienone is 2. The molecule has 0 bridgehead atoms. The third-order valence-electron chi connectivity index (χ3n) is 20.3. The summed E-state index contributed by atoms with van der Waals surface area (Å²) in [5, 5.41) is 0. The molecular weight excluding hydrogens is 3270 g/mol. The predicted octanol–water partition coefficient (Wildman–Crippen LogP) is 34.0. The van der Waals surface area contributed by atoms with Crippen molar-refractivity contribution in [1.82, 2.24) is 0 Å². The van der Waals surface area contributed by atoms with E-state index in [9.17, 15) is 0 Å². The van der Waals surface area contributed by atoms with Crippen LogP contribution in [0.15, 0.2) is 328 Å². The molecule has 0 unspecified atom stereocenters. The van der Waals surface area contributed by atoms with E-state index < -0.39 is 0 Å². The Bertz CT molecular complexity index is 5200. The number of hydrogen-bond donors (Lipinski definition) is 0. The number of unbranched alkanes of at least 4 members (excludes halogenated alkanes) is 2. The molecule has 16 heteroatoms. The Kier molecular flexibility index (Phi) is 93.6. The summed E-state index contributed by atoms with van der Waals surface area (Å²) in [6.45, 7) is 58.8. The summed E-state index contributed by atoms with van der Waals surface area (Å²) in [5.41, 5.74) is 24.0. The van der Waals surface area contributed by atoms with Crippen molar-refractivity contribution in [2.24, 2.45) is 0 Å². The Morgan fingerprint density at radius 1 is 0.234 bits per heavy atom. The zero-order chi connectivity index (χ0) is 95.2. The Hall–Kier alpha value is -6.39. The molecule has 13 rings (SSSR count). The van der Waals surface area contributed by atoms with E-state index in [0.717, 1.165) is 198 Å². The van der Waals surface area contributed by atoms with Gasteiger partial charge in [0.05, 0.1) is 39.6 Å². The van der Waals surface area contributed by atoms with Crippen LogP contribution < -0.4 is 33.2 Å². The van der Waals surface area contributed by atoms with Crippen LogP contribution in [0.3, 0.4) is 0 Å². The first kappa shape index (κ1) is 143. The van der Waals surface area contributed by atoms with Crippen LogP contribution in [0.1, 0.15) is 194 Å². The molecule has 0 atom stereocenters. The summed E-state index contributed by atoms with van der Waals surface area (Å²) in [5.74, 6) is 6.54. The van der Waals surface area contributed by atoms with Crippen LogP contribution in [-0.4, -0.2) is 46.2 Å². The van der Waals surface area contributed by atoms with Crippen molar-refractivity contribution in [2.45, 2.75) is 178 Å². The molecule has 756 valence electrons. The number of rotatable bonds is 38. The first-order chi connectivity index (χ1) is 64.6. The third kappa shape index (κ3) is 61.7. The van der Waals surface area contributed by atoms with Gasteiger partial charge in [0.1, 0.15) is 40.2 Å². The fourth-order valence-electron chi connectivity index (χ4n) is 13.3. The fraction of sp³-hybridized carbons (Fsp3) is 0.272. The van der Waals surface area contributed by atoms with Gasteiger partial charge in [-0.2, -0.15) is 74.9 Å². The SMILES string of the molecule is [CH2-]/C=C/c1ccc(OCCC)cc1.[CH2-]/C=C/c1cccc(OCCC)c1.[CH2-]CCc1ccc(OCCC)cc1.[CH2-]CCc1cccc(OCCC)c1.[CH2-]COc1ccc(-c2ccc(OCCCC)cc2)cc1.[CH2-]Cc1ccc(OCCC)cc1.[CH2-]Cc1cccc(-c2ccccc2CCCC)c1.[CH2-]c1cccc(-c2cccc(CC)c2)c1.[CH2-]c1cccc(-c2ccccc2CC)c1.[W].[W].[W].[W].[W].[W].[W].[W].[W]. The molecule has 0 saturated heterocycles. The molecule has 7 nitrogen and oxygen atoms in total. The molecule has 0 amide bonds. The van der Waals surface area contributed by atoms with Crippen LogP contribution in [0.4, 0.5) is 0 Å². The molecule has 0 aromatic heterocycles. The van der Waals surface area contributed by atoms with Gasteiger partial charge in [-0.3, -0.25) is 0 Å². The summed E-state index contributed by atoms with van der Waals surface area (Å²) in [7, 11) is 0. The molecule has 0 heterocycles. The first-order valence-corrected chi connectivity index (χ1v) is 47.7. The molecule has 13 aromatic carbocycles. The molecule has 0 spiro atoms. The van der Waals surface area contributed by atoms with Gasteiger partial charge < -0.3 is 67.8 Å². The molecule has 0 aliphatic rings. The molecule has 0 N–H and O–H groups in total. The molecule has 0 aliphatic carbocycles. The number of hydrogen-bond acceptors (Lipinski definition) is 7. The summed E-state index contributed by atoms with van der Waals surface area (Å²) >= 11 is 0. The van der Waals surface area contributed by atoms with Gasteiger partial charge in [-0.05, 0) is 211 Å². The monoisotopic (exact) mass is 3420 g/mol.